The molecule has 75 valence electrons. The van der Waals surface area contributed by atoms with E-state index in [-0.39, 0.29) is 49.6 Å². The molecule has 0 atom stereocenters. The van der Waals surface area contributed by atoms with E-state index in [1.807, 2.05) is 19.9 Å². The predicted molar refractivity (Wildman–Crippen MR) is 57.8 cm³/mol. The average molecular weight is 403 g/mol. The SMILES string of the molecule is CC(C)([NH-])CCCc1ccccc1.[Ac]. The molecule has 1 nitrogen and oxygen atoms in total. The van der Waals surface area contributed by atoms with Gasteiger partial charge in [0.2, 0.25) is 0 Å². The van der Waals surface area contributed by atoms with Crippen molar-refractivity contribution in [3.8, 4) is 0 Å². The van der Waals surface area contributed by atoms with Crippen LogP contribution in [0.1, 0.15) is 32.3 Å². The third-order valence-corrected chi connectivity index (χ3v) is 2.11. The quantitative estimate of drug-likeness (QED) is 0.730. The Balaban J connectivity index is 0.00000169. The van der Waals surface area contributed by atoms with Crippen molar-refractivity contribution in [2.75, 3.05) is 0 Å². The Morgan fingerprint density at radius 1 is 1.14 bits per heavy atom. The van der Waals surface area contributed by atoms with Gasteiger partial charge in [0.05, 0.1) is 0 Å². The first-order valence-electron chi connectivity index (χ1n) is 4.87. The van der Waals surface area contributed by atoms with Crippen LogP contribution in [0.25, 0.3) is 5.73 Å². The summed E-state index contributed by atoms with van der Waals surface area (Å²) in [6.45, 7) is 3.94. The monoisotopic (exact) mass is 403 g/mol. The van der Waals surface area contributed by atoms with Gasteiger partial charge in [-0.25, -0.2) is 0 Å². The van der Waals surface area contributed by atoms with Crippen LogP contribution in [0.3, 0.4) is 0 Å². The Bertz CT molecular complexity index is 238. The Kier molecular flexibility index (Phi) is 7.30. The maximum absolute atomic E-state index is 7.70. The van der Waals surface area contributed by atoms with Gasteiger partial charge in [-0.3, -0.25) is 0 Å². The summed E-state index contributed by atoms with van der Waals surface area (Å²) >= 11 is 0. The van der Waals surface area contributed by atoms with Crippen LogP contribution in [0.2, 0.25) is 0 Å². The molecule has 0 heterocycles. The van der Waals surface area contributed by atoms with Gasteiger partial charge in [0, 0.05) is 44.1 Å². The summed E-state index contributed by atoms with van der Waals surface area (Å²) < 4.78 is 0. The van der Waals surface area contributed by atoms with E-state index in [1.54, 1.807) is 0 Å². The second kappa shape index (κ2) is 6.99. The molecular formula is C12H18AcN-. The number of aryl methyl sites for hydroxylation is 1. The van der Waals surface area contributed by atoms with Crippen LogP contribution in [0.4, 0.5) is 0 Å². The zero-order valence-corrected chi connectivity index (χ0v) is 13.8. The summed E-state index contributed by atoms with van der Waals surface area (Å²) in [6, 6.07) is 10.5. The molecule has 0 spiro atoms. The summed E-state index contributed by atoms with van der Waals surface area (Å²) in [4.78, 5) is 0. The maximum atomic E-state index is 7.70. The van der Waals surface area contributed by atoms with Gasteiger partial charge in [0.15, 0.2) is 0 Å². The minimum atomic E-state index is -0.269. The summed E-state index contributed by atoms with van der Waals surface area (Å²) in [6.07, 6.45) is 3.19. The van der Waals surface area contributed by atoms with Crippen LogP contribution in [-0.2, 0) is 6.42 Å². The van der Waals surface area contributed by atoms with Crippen molar-refractivity contribution >= 4 is 0 Å². The largest absolute Gasteiger partial charge is 0.672 e. The van der Waals surface area contributed by atoms with Gasteiger partial charge in [0.1, 0.15) is 0 Å². The second-order valence-electron chi connectivity index (χ2n) is 4.22. The van der Waals surface area contributed by atoms with E-state index in [4.69, 9.17) is 5.73 Å². The molecule has 1 aromatic rings. The minimum Gasteiger partial charge on any atom is -0.672 e. The molecule has 0 aliphatic carbocycles. The first-order chi connectivity index (χ1) is 6.08. The molecule has 0 saturated carbocycles. The zero-order valence-electron chi connectivity index (χ0n) is 9.09. The summed E-state index contributed by atoms with van der Waals surface area (Å²) in [5, 5.41) is 0. The van der Waals surface area contributed by atoms with Crippen molar-refractivity contribution in [3.05, 3.63) is 41.6 Å². The molecule has 2 heteroatoms. The molecule has 1 rings (SSSR count). The fourth-order valence-electron chi connectivity index (χ4n) is 1.38. The first kappa shape index (κ1) is 14.6. The van der Waals surface area contributed by atoms with Crippen LogP contribution in [-0.4, -0.2) is 5.54 Å². The van der Waals surface area contributed by atoms with Crippen LogP contribution in [0.5, 0.6) is 0 Å². The maximum Gasteiger partial charge on any atom is 0 e. The van der Waals surface area contributed by atoms with Gasteiger partial charge in [0.25, 0.3) is 0 Å². The fourth-order valence-corrected chi connectivity index (χ4v) is 1.38. The Hall–Kier alpha value is 0.622. The van der Waals surface area contributed by atoms with E-state index >= 15 is 0 Å². The normalized spacial score (nSPS) is 10.8. The van der Waals surface area contributed by atoms with E-state index in [1.165, 1.54) is 5.56 Å². The molecule has 0 unspecified atom stereocenters. The second-order valence-corrected chi connectivity index (χ2v) is 4.22. The molecule has 0 amide bonds. The van der Waals surface area contributed by atoms with Crippen molar-refractivity contribution in [2.45, 2.75) is 38.6 Å². The average Bonchev–Trinajstić information content (AvgIpc) is 2.04. The van der Waals surface area contributed by atoms with Gasteiger partial charge in [-0.2, -0.15) is 0 Å². The molecule has 14 heavy (non-hydrogen) atoms. The van der Waals surface area contributed by atoms with E-state index in [0.717, 1.165) is 19.3 Å². The van der Waals surface area contributed by atoms with E-state index < -0.39 is 0 Å². The summed E-state index contributed by atoms with van der Waals surface area (Å²) in [7, 11) is 0. The van der Waals surface area contributed by atoms with Crippen LogP contribution in [0.15, 0.2) is 30.3 Å². The number of nitrogens with one attached hydrogen (secondary N) is 1. The van der Waals surface area contributed by atoms with Crippen LogP contribution in [0, 0.1) is 44.1 Å². The van der Waals surface area contributed by atoms with Crippen LogP contribution < -0.4 is 0 Å². The number of hydrogen-bond donors (Lipinski definition) is 0. The van der Waals surface area contributed by atoms with Gasteiger partial charge < -0.3 is 5.73 Å². The number of hydrogen-bond acceptors (Lipinski definition) is 0. The molecule has 0 aromatic heterocycles. The molecule has 0 fully saturated rings. The minimum absolute atomic E-state index is 0. The zero-order chi connectivity index (χ0) is 9.73. The summed E-state index contributed by atoms with van der Waals surface area (Å²) in [5.41, 5.74) is 8.81. The van der Waals surface area contributed by atoms with Crippen molar-refractivity contribution in [2.24, 2.45) is 0 Å². The third-order valence-electron chi connectivity index (χ3n) is 2.11. The third kappa shape index (κ3) is 6.99. The Labute approximate surface area is 123 Å². The first-order valence-corrected chi connectivity index (χ1v) is 4.87. The molecule has 0 aliphatic heterocycles. The van der Waals surface area contributed by atoms with Gasteiger partial charge in [-0.15, -0.1) is 5.54 Å². The van der Waals surface area contributed by atoms with Gasteiger partial charge in [-0.05, 0) is 12.0 Å². The van der Waals surface area contributed by atoms with Crippen molar-refractivity contribution in [3.63, 3.8) is 0 Å². The van der Waals surface area contributed by atoms with Gasteiger partial charge in [-0.1, -0.05) is 57.0 Å². The molecule has 1 radical (unpaired) electrons. The predicted octanol–water partition coefficient (Wildman–Crippen LogP) is 3.84. The Morgan fingerprint density at radius 3 is 2.21 bits per heavy atom. The molecule has 1 N–H and O–H groups in total. The van der Waals surface area contributed by atoms with E-state index in [0.29, 0.717) is 0 Å². The van der Waals surface area contributed by atoms with E-state index in [2.05, 4.69) is 24.3 Å². The van der Waals surface area contributed by atoms with Crippen molar-refractivity contribution in [1.29, 1.82) is 0 Å². The Morgan fingerprint density at radius 2 is 1.71 bits per heavy atom. The van der Waals surface area contributed by atoms with Crippen molar-refractivity contribution < 1.29 is 44.1 Å². The topological polar surface area (TPSA) is 23.8 Å². The van der Waals surface area contributed by atoms with Gasteiger partial charge >= 0.3 is 0 Å². The van der Waals surface area contributed by atoms with E-state index in [9.17, 15) is 0 Å². The summed E-state index contributed by atoms with van der Waals surface area (Å²) in [5.74, 6) is 0. The standard InChI is InChI=1S/C12H18N.Ac/c1-12(2,13)10-6-9-11-7-4-3-5-8-11;/h3-5,7-8,13H,6,9-10H2,1-2H3;/q-1;. The number of rotatable bonds is 4. The molecular weight excluding hydrogens is 385 g/mol. The molecule has 0 bridgehead atoms. The molecule has 0 aliphatic rings. The van der Waals surface area contributed by atoms with Crippen LogP contribution >= 0.6 is 0 Å². The van der Waals surface area contributed by atoms with Crippen molar-refractivity contribution in [1.82, 2.24) is 0 Å². The number of benzene rings is 1. The molecule has 0 saturated heterocycles. The molecule has 1 aromatic carbocycles. The fraction of sp³-hybridized carbons (Fsp3) is 0.500. The smallest absolute Gasteiger partial charge is 0 e.